The second-order valence-corrected chi connectivity index (χ2v) is 17.4. The van der Waals surface area contributed by atoms with E-state index in [1.165, 1.54) is 161 Å². The molecule has 344 valence electrons. The minimum atomic E-state index is -1.61. The van der Waals surface area contributed by atoms with Gasteiger partial charge >= 0.3 is 0 Å². The highest BCUT2D eigenvalue weighted by Gasteiger charge is 2.44. The van der Waals surface area contributed by atoms with Crippen molar-refractivity contribution in [2.45, 2.75) is 275 Å². The number of aliphatic hydroxyl groups is 6. The van der Waals surface area contributed by atoms with Gasteiger partial charge in [0.25, 0.3) is 0 Å². The second kappa shape index (κ2) is 38.8. The summed E-state index contributed by atoms with van der Waals surface area (Å²) in [6.45, 7) is 3.63. The fourth-order valence-corrected chi connectivity index (χ4v) is 7.93. The van der Waals surface area contributed by atoms with Crippen LogP contribution in [-0.4, -0.2) is 98.7 Å². The van der Waals surface area contributed by atoms with Crippen molar-refractivity contribution in [3.8, 4) is 0 Å². The monoisotopic (exact) mass is 828 g/mol. The first-order valence-corrected chi connectivity index (χ1v) is 24.5. The van der Waals surface area contributed by atoms with E-state index >= 15 is 0 Å². The van der Waals surface area contributed by atoms with Crippen LogP contribution in [0.3, 0.4) is 0 Å². The van der Waals surface area contributed by atoms with Gasteiger partial charge in [0, 0.05) is 0 Å². The van der Waals surface area contributed by atoms with E-state index in [0.717, 1.165) is 44.9 Å². The smallest absolute Gasteiger partial charge is 0.249 e. The normalized spacial score (nSPS) is 21.4. The summed E-state index contributed by atoms with van der Waals surface area (Å²) >= 11 is 0. The molecular formula is C48H93NO9. The third kappa shape index (κ3) is 28.4. The van der Waals surface area contributed by atoms with Crippen LogP contribution in [0.4, 0.5) is 0 Å². The number of unbranched alkanes of at least 4 members (excludes halogenated alkanes) is 30. The third-order valence-corrected chi connectivity index (χ3v) is 12.0. The van der Waals surface area contributed by atoms with Crippen molar-refractivity contribution in [3.63, 3.8) is 0 Å². The standard InChI is InChI=1S/C48H93NO9/c1-3-5-7-9-11-13-15-17-19-21-23-24-26-28-30-32-34-36-41(51)40(39-57-48-46(55)45(54)44(53)43(38-50)58-48)49-47(56)42(52)37-35-33-31-29-27-25-22-20-18-16-14-12-10-8-6-4-2/h34,36,40-46,48,50-55H,3-33,35,37-39H2,1-2H3,(H,49,56)/b36-34+. The maximum absolute atomic E-state index is 13.1. The maximum Gasteiger partial charge on any atom is 0.249 e. The first kappa shape index (κ1) is 54.9. The Morgan fingerprint density at radius 1 is 0.586 bits per heavy atom. The van der Waals surface area contributed by atoms with Crippen molar-refractivity contribution >= 4 is 5.91 Å². The molecule has 1 amide bonds. The summed E-state index contributed by atoms with van der Waals surface area (Å²) in [6, 6.07) is -0.974. The SMILES string of the molecule is CCCCCCCCCCCCCCCCC/C=C/C(O)C(COC1OC(CO)C(O)C(O)C1O)NC(=O)C(O)CCCCCCCCCCCCCCCCCC. The predicted molar refractivity (Wildman–Crippen MR) is 237 cm³/mol. The molecule has 0 bridgehead atoms. The van der Waals surface area contributed by atoms with Gasteiger partial charge in [-0.3, -0.25) is 4.79 Å². The molecular weight excluding hydrogens is 735 g/mol. The van der Waals surface area contributed by atoms with Crippen LogP contribution >= 0.6 is 0 Å². The molecule has 0 spiro atoms. The van der Waals surface area contributed by atoms with E-state index in [-0.39, 0.29) is 6.61 Å². The average Bonchev–Trinajstić information content (AvgIpc) is 3.22. The Morgan fingerprint density at radius 2 is 0.983 bits per heavy atom. The molecule has 1 aliphatic rings. The van der Waals surface area contributed by atoms with E-state index < -0.39 is 61.5 Å². The van der Waals surface area contributed by atoms with Crippen LogP contribution in [0.5, 0.6) is 0 Å². The molecule has 8 unspecified atom stereocenters. The van der Waals surface area contributed by atoms with E-state index in [4.69, 9.17) is 9.47 Å². The number of hydrogen-bond acceptors (Lipinski definition) is 9. The number of hydrogen-bond donors (Lipinski definition) is 7. The Morgan fingerprint density at radius 3 is 1.40 bits per heavy atom. The summed E-state index contributed by atoms with van der Waals surface area (Å²) in [7, 11) is 0. The molecule has 0 aromatic rings. The quantitative estimate of drug-likeness (QED) is 0.0235. The van der Waals surface area contributed by atoms with E-state index in [1.54, 1.807) is 6.08 Å². The molecule has 1 heterocycles. The molecule has 10 nitrogen and oxygen atoms in total. The Hall–Kier alpha value is -1.11. The fourth-order valence-electron chi connectivity index (χ4n) is 7.93. The van der Waals surface area contributed by atoms with Gasteiger partial charge in [-0.25, -0.2) is 0 Å². The molecule has 1 saturated heterocycles. The van der Waals surface area contributed by atoms with Crippen molar-refractivity contribution in [1.82, 2.24) is 5.32 Å². The molecule has 8 atom stereocenters. The topological polar surface area (TPSA) is 169 Å². The van der Waals surface area contributed by atoms with Crippen molar-refractivity contribution in [3.05, 3.63) is 12.2 Å². The van der Waals surface area contributed by atoms with Crippen molar-refractivity contribution in [2.24, 2.45) is 0 Å². The van der Waals surface area contributed by atoms with Crippen LogP contribution in [0.25, 0.3) is 0 Å². The van der Waals surface area contributed by atoms with Gasteiger partial charge in [0.2, 0.25) is 5.91 Å². The maximum atomic E-state index is 13.1. The van der Waals surface area contributed by atoms with E-state index in [9.17, 15) is 35.4 Å². The molecule has 0 aromatic carbocycles. The lowest BCUT2D eigenvalue weighted by Crippen LogP contribution is -2.60. The van der Waals surface area contributed by atoms with Gasteiger partial charge in [0.05, 0.1) is 25.4 Å². The van der Waals surface area contributed by atoms with Crippen LogP contribution in [0, 0.1) is 0 Å². The van der Waals surface area contributed by atoms with Gasteiger partial charge in [-0.2, -0.15) is 0 Å². The molecule has 0 radical (unpaired) electrons. The van der Waals surface area contributed by atoms with Gasteiger partial charge in [0.15, 0.2) is 6.29 Å². The summed E-state index contributed by atoms with van der Waals surface area (Å²) in [5.74, 6) is -0.613. The van der Waals surface area contributed by atoms with Crippen molar-refractivity contribution < 1.29 is 44.9 Å². The fraction of sp³-hybridized carbons (Fsp3) is 0.938. The molecule has 58 heavy (non-hydrogen) atoms. The van der Waals surface area contributed by atoms with Gasteiger partial charge in [0.1, 0.15) is 30.5 Å². The van der Waals surface area contributed by atoms with Gasteiger partial charge in [-0.15, -0.1) is 0 Å². The number of ether oxygens (including phenoxy) is 2. The lowest BCUT2D eigenvalue weighted by atomic mass is 9.99. The van der Waals surface area contributed by atoms with Crippen LogP contribution in [0.2, 0.25) is 0 Å². The minimum absolute atomic E-state index is 0.301. The van der Waals surface area contributed by atoms with Gasteiger partial charge < -0.3 is 45.4 Å². The van der Waals surface area contributed by atoms with Crippen molar-refractivity contribution in [1.29, 1.82) is 0 Å². The van der Waals surface area contributed by atoms with Crippen LogP contribution in [-0.2, 0) is 14.3 Å². The summed E-state index contributed by atoms with van der Waals surface area (Å²) in [6.07, 6.45) is 34.3. The van der Waals surface area contributed by atoms with E-state index in [2.05, 4.69) is 19.2 Å². The van der Waals surface area contributed by atoms with Gasteiger partial charge in [-0.1, -0.05) is 219 Å². The highest BCUT2D eigenvalue weighted by atomic mass is 16.7. The number of rotatable bonds is 41. The zero-order chi connectivity index (χ0) is 42.5. The lowest BCUT2D eigenvalue weighted by molar-refractivity contribution is -0.302. The number of allylic oxidation sites excluding steroid dienone is 1. The highest BCUT2D eigenvalue weighted by Crippen LogP contribution is 2.23. The highest BCUT2D eigenvalue weighted by molar-refractivity contribution is 5.80. The summed E-state index contributed by atoms with van der Waals surface area (Å²) in [5.41, 5.74) is 0. The van der Waals surface area contributed by atoms with Crippen LogP contribution in [0.1, 0.15) is 226 Å². The predicted octanol–water partition coefficient (Wildman–Crippen LogP) is 9.48. The van der Waals surface area contributed by atoms with E-state index in [0.29, 0.717) is 6.42 Å². The molecule has 0 saturated carbocycles. The number of nitrogens with one attached hydrogen (secondary N) is 1. The van der Waals surface area contributed by atoms with E-state index in [1.807, 2.05) is 6.08 Å². The third-order valence-electron chi connectivity index (χ3n) is 12.0. The van der Waals surface area contributed by atoms with Gasteiger partial charge in [-0.05, 0) is 19.3 Å². The summed E-state index contributed by atoms with van der Waals surface area (Å²) in [5, 5.41) is 64.8. The average molecular weight is 828 g/mol. The Bertz CT molecular complexity index is 937. The number of amides is 1. The Kier molecular flexibility index (Phi) is 36.7. The number of carbonyl (C=O) groups is 1. The summed E-state index contributed by atoms with van der Waals surface area (Å²) < 4.78 is 11.2. The molecule has 7 N–H and O–H groups in total. The lowest BCUT2D eigenvalue weighted by Gasteiger charge is -2.40. The Balaban J connectivity index is 2.38. The van der Waals surface area contributed by atoms with Crippen LogP contribution < -0.4 is 5.32 Å². The zero-order valence-corrected chi connectivity index (χ0v) is 37.4. The minimum Gasteiger partial charge on any atom is -0.394 e. The Labute approximate surface area is 355 Å². The molecule has 10 heteroatoms. The molecule has 1 rings (SSSR count). The molecule has 1 aliphatic heterocycles. The number of aliphatic hydroxyl groups excluding tert-OH is 6. The first-order chi connectivity index (χ1) is 28.3. The molecule has 1 fully saturated rings. The largest absolute Gasteiger partial charge is 0.394 e. The van der Waals surface area contributed by atoms with Crippen molar-refractivity contribution in [2.75, 3.05) is 13.2 Å². The zero-order valence-electron chi connectivity index (χ0n) is 37.4. The first-order valence-electron chi connectivity index (χ1n) is 24.5. The molecule has 0 aliphatic carbocycles. The summed E-state index contributed by atoms with van der Waals surface area (Å²) in [4.78, 5) is 13.1. The van der Waals surface area contributed by atoms with Crippen LogP contribution in [0.15, 0.2) is 12.2 Å². The second-order valence-electron chi connectivity index (χ2n) is 17.4. The molecule has 0 aromatic heterocycles. The number of carbonyl (C=O) groups excluding carboxylic acids is 1.